The first-order valence-electron chi connectivity index (χ1n) is 4.69. The van der Waals surface area contributed by atoms with Crippen molar-refractivity contribution in [3.05, 3.63) is 24.0 Å². The van der Waals surface area contributed by atoms with Gasteiger partial charge < -0.3 is 15.6 Å². The normalized spacial score (nSPS) is 12.5. The van der Waals surface area contributed by atoms with Crippen molar-refractivity contribution in [2.24, 2.45) is 5.73 Å². The molecule has 1 atom stereocenters. The summed E-state index contributed by atoms with van der Waals surface area (Å²) >= 11 is 0. The Morgan fingerprint density at radius 1 is 1.57 bits per heavy atom. The van der Waals surface area contributed by atoms with Gasteiger partial charge in [0.05, 0.1) is 18.5 Å². The second-order valence-electron chi connectivity index (χ2n) is 3.13. The van der Waals surface area contributed by atoms with Crippen molar-refractivity contribution in [2.75, 3.05) is 13.2 Å². The molecule has 0 unspecified atom stereocenters. The fourth-order valence-corrected chi connectivity index (χ4v) is 1.00. The molecule has 14 heavy (non-hydrogen) atoms. The van der Waals surface area contributed by atoms with E-state index in [0.717, 1.165) is 5.69 Å². The number of aliphatic hydroxyl groups is 1. The molecule has 0 aromatic carbocycles. The van der Waals surface area contributed by atoms with Crippen molar-refractivity contribution in [1.29, 1.82) is 0 Å². The van der Waals surface area contributed by atoms with Crippen molar-refractivity contribution in [3.8, 4) is 5.75 Å². The summed E-state index contributed by atoms with van der Waals surface area (Å²) in [5.74, 6) is 0.711. The topological polar surface area (TPSA) is 68.4 Å². The molecule has 0 aliphatic heterocycles. The smallest absolute Gasteiger partial charge is 0.137 e. The van der Waals surface area contributed by atoms with Crippen LogP contribution in [0.5, 0.6) is 5.75 Å². The Labute approximate surface area is 83.7 Å². The molecule has 0 radical (unpaired) electrons. The highest BCUT2D eigenvalue weighted by Crippen LogP contribution is 2.12. The predicted molar refractivity (Wildman–Crippen MR) is 54.0 cm³/mol. The van der Waals surface area contributed by atoms with E-state index < -0.39 is 0 Å². The fourth-order valence-electron chi connectivity index (χ4n) is 1.00. The molecule has 1 aromatic rings. The molecule has 3 N–H and O–H groups in total. The second-order valence-corrected chi connectivity index (χ2v) is 3.13. The highest BCUT2D eigenvalue weighted by atomic mass is 16.5. The van der Waals surface area contributed by atoms with Gasteiger partial charge in [-0.1, -0.05) is 0 Å². The van der Waals surface area contributed by atoms with Crippen LogP contribution in [0.3, 0.4) is 0 Å². The molecular weight excluding hydrogens is 180 g/mol. The van der Waals surface area contributed by atoms with Gasteiger partial charge in [-0.2, -0.15) is 0 Å². The Balaban J connectivity index is 2.47. The SMILES string of the molecule is C[C@@H](N)c1ccc(OCCCO)cn1. The lowest BCUT2D eigenvalue weighted by Crippen LogP contribution is -2.07. The third-order valence-corrected chi connectivity index (χ3v) is 1.80. The summed E-state index contributed by atoms with van der Waals surface area (Å²) in [6, 6.07) is 3.63. The zero-order valence-electron chi connectivity index (χ0n) is 8.31. The lowest BCUT2D eigenvalue weighted by atomic mass is 10.2. The first kappa shape index (κ1) is 10.9. The van der Waals surface area contributed by atoms with Gasteiger partial charge in [-0.05, 0) is 19.1 Å². The third kappa shape index (κ3) is 3.32. The lowest BCUT2D eigenvalue weighted by molar-refractivity contribution is 0.233. The van der Waals surface area contributed by atoms with E-state index in [1.807, 2.05) is 19.1 Å². The highest BCUT2D eigenvalue weighted by Gasteiger charge is 2.00. The van der Waals surface area contributed by atoms with E-state index in [9.17, 15) is 0 Å². The van der Waals surface area contributed by atoms with Gasteiger partial charge in [-0.3, -0.25) is 4.98 Å². The van der Waals surface area contributed by atoms with Crippen LogP contribution in [0.2, 0.25) is 0 Å². The van der Waals surface area contributed by atoms with Crippen molar-refractivity contribution in [3.63, 3.8) is 0 Å². The van der Waals surface area contributed by atoms with E-state index in [0.29, 0.717) is 18.8 Å². The largest absolute Gasteiger partial charge is 0.492 e. The average Bonchev–Trinajstić information content (AvgIpc) is 2.19. The molecule has 0 bridgehead atoms. The van der Waals surface area contributed by atoms with Crippen LogP contribution in [0.1, 0.15) is 25.1 Å². The number of pyridine rings is 1. The van der Waals surface area contributed by atoms with Crippen LogP contribution in [0.4, 0.5) is 0 Å². The molecule has 0 aliphatic carbocycles. The number of nitrogens with zero attached hydrogens (tertiary/aromatic N) is 1. The molecular formula is C10H16N2O2. The average molecular weight is 196 g/mol. The maximum atomic E-state index is 8.55. The van der Waals surface area contributed by atoms with Crippen LogP contribution >= 0.6 is 0 Å². The van der Waals surface area contributed by atoms with Gasteiger partial charge in [0.2, 0.25) is 0 Å². The summed E-state index contributed by atoms with van der Waals surface area (Å²) in [5.41, 5.74) is 6.50. The van der Waals surface area contributed by atoms with Crippen LogP contribution < -0.4 is 10.5 Å². The molecule has 4 nitrogen and oxygen atoms in total. The van der Waals surface area contributed by atoms with Gasteiger partial charge in [-0.25, -0.2) is 0 Å². The zero-order valence-corrected chi connectivity index (χ0v) is 8.31. The van der Waals surface area contributed by atoms with Crippen LogP contribution in [-0.2, 0) is 0 Å². The number of hydrogen-bond acceptors (Lipinski definition) is 4. The third-order valence-electron chi connectivity index (χ3n) is 1.80. The number of aromatic nitrogens is 1. The lowest BCUT2D eigenvalue weighted by Gasteiger charge is -2.07. The summed E-state index contributed by atoms with van der Waals surface area (Å²) in [7, 11) is 0. The van der Waals surface area contributed by atoms with E-state index >= 15 is 0 Å². The van der Waals surface area contributed by atoms with Gasteiger partial charge in [0, 0.05) is 19.1 Å². The predicted octanol–water partition coefficient (Wildman–Crippen LogP) is 0.863. The van der Waals surface area contributed by atoms with E-state index in [1.54, 1.807) is 6.20 Å². The van der Waals surface area contributed by atoms with Crippen molar-refractivity contribution >= 4 is 0 Å². The summed E-state index contributed by atoms with van der Waals surface area (Å²) in [6.45, 7) is 2.54. The summed E-state index contributed by atoms with van der Waals surface area (Å²) < 4.78 is 5.32. The molecule has 1 heterocycles. The molecule has 4 heteroatoms. The number of rotatable bonds is 5. The van der Waals surface area contributed by atoms with Crippen LogP contribution in [-0.4, -0.2) is 23.3 Å². The number of ether oxygens (including phenoxy) is 1. The Kier molecular flexibility index (Phi) is 4.35. The van der Waals surface area contributed by atoms with Gasteiger partial charge >= 0.3 is 0 Å². The Morgan fingerprint density at radius 2 is 2.36 bits per heavy atom. The van der Waals surface area contributed by atoms with Crippen LogP contribution in [0.15, 0.2) is 18.3 Å². The zero-order chi connectivity index (χ0) is 10.4. The first-order valence-corrected chi connectivity index (χ1v) is 4.69. The molecule has 0 spiro atoms. The van der Waals surface area contributed by atoms with E-state index in [1.165, 1.54) is 0 Å². The minimum Gasteiger partial charge on any atom is -0.492 e. The van der Waals surface area contributed by atoms with Gasteiger partial charge in [-0.15, -0.1) is 0 Å². The second kappa shape index (κ2) is 5.57. The minimum absolute atomic E-state index is 0.0542. The summed E-state index contributed by atoms with van der Waals surface area (Å²) in [4.78, 5) is 4.14. The number of nitrogens with two attached hydrogens (primary N) is 1. The van der Waals surface area contributed by atoms with Crippen LogP contribution in [0.25, 0.3) is 0 Å². The highest BCUT2D eigenvalue weighted by molar-refractivity contribution is 5.21. The van der Waals surface area contributed by atoms with Crippen molar-refractivity contribution in [2.45, 2.75) is 19.4 Å². The molecule has 1 rings (SSSR count). The number of hydrogen-bond donors (Lipinski definition) is 2. The van der Waals surface area contributed by atoms with Crippen molar-refractivity contribution < 1.29 is 9.84 Å². The molecule has 0 amide bonds. The Bertz CT molecular complexity index is 259. The number of aliphatic hydroxyl groups excluding tert-OH is 1. The molecule has 1 aromatic heterocycles. The first-order chi connectivity index (χ1) is 6.74. The van der Waals surface area contributed by atoms with Crippen LogP contribution in [0, 0.1) is 0 Å². The molecule has 0 fully saturated rings. The minimum atomic E-state index is -0.0542. The van der Waals surface area contributed by atoms with E-state index in [4.69, 9.17) is 15.6 Å². The Hall–Kier alpha value is -1.13. The summed E-state index contributed by atoms with van der Waals surface area (Å²) in [5, 5.41) is 8.55. The Morgan fingerprint density at radius 3 is 2.86 bits per heavy atom. The molecule has 78 valence electrons. The summed E-state index contributed by atoms with van der Waals surface area (Å²) in [6.07, 6.45) is 2.28. The maximum absolute atomic E-state index is 8.55. The van der Waals surface area contributed by atoms with E-state index in [2.05, 4.69) is 4.98 Å². The monoisotopic (exact) mass is 196 g/mol. The van der Waals surface area contributed by atoms with E-state index in [-0.39, 0.29) is 12.6 Å². The van der Waals surface area contributed by atoms with Gasteiger partial charge in [0.1, 0.15) is 5.75 Å². The molecule has 0 saturated heterocycles. The molecule has 0 aliphatic rings. The molecule has 0 saturated carbocycles. The van der Waals surface area contributed by atoms with Crippen molar-refractivity contribution in [1.82, 2.24) is 4.98 Å². The quantitative estimate of drug-likeness (QED) is 0.685. The standard InChI is InChI=1S/C10H16N2O2/c1-8(11)10-4-3-9(7-12-10)14-6-2-5-13/h3-4,7-8,13H,2,5-6,11H2,1H3/t8-/m1/s1. The van der Waals surface area contributed by atoms with Gasteiger partial charge in [0.25, 0.3) is 0 Å². The fraction of sp³-hybridized carbons (Fsp3) is 0.500. The maximum Gasteiger partial charge on any atom is 0.137 e. The van der Waals surface area contributed by atoms with Gasteiger partial charge in [0.15, 0.2) is 0 Å².